The molecule has 0 spiro atoms. The molecule has 2 heterocycles. The smallest absolute Gasteiger partial charge is 0.266 e. The monoisotopic (exact) mass is 505 g/mol. The number of tetrazole rings is 1. The number of methoxy groups -OCH3 is 2. The number of carbonyl (C=O) groups is 1. The number of benzene rings is 2. The Morgan fingerprint density at radius 3 is 2.39 bits per heavy atom. The number of ketones is 1. The van der Waals surface area contributed by atoms with Crippen LogP contribution in [0.25, 0.3) is 22.8 Å². The van der Waals surface area contributed by atoms with Crippen molar-refractivity contribution in [1.82, 2.24) is 24.8 Å². The Bertz CT molecular complexity index is 1540. The Labute approximate surface area is 212 Å². The van der Waals surface area contributed by atoms with Gasteiger partial charge in [-0.3, -0.25) is 14.2 Å². The molecule has 1 aliphatic carbocycles. The zero-order chi connectivity index (χ0) is 25.6. The van der Waals surface area contributed by atoms with Gasteiger partial charge in [0.05, 0.1) is 31.2 Å². The van der Waals surface area contributed by atoms with Crippen LogP contribution in [0, 0.1) is 5.41 Å². The maximum Gasteiger partial charge on any atom is 0.266 e. The Kier molecular flexibility index (Phi) is 5.88. The Balaban J connectivity index is 1.77. The van der Waals surface area contributed by atoms with Gasteiger partial charge in [-0.1, -0.05) is 25.4 Å². The number of hydrogen-bond donors (Lipinski definition) is 0. The van der Waals surface area contributed by atoms with Gasteiger partial charge in [0.15, 0.2) is 5.78 Å². The SMILES string of the molecule is COc1ccc(OC)c(-n2c3c(cc(-c4nnn(-c5ccc(Cl)cc5)n4)c2=O)C(=O)CC(C)(C)C3)c1. The average Bonchev–Trinajstić information content (AvgIpc) is 3.33. The lowest BCUT2D eigenvalue weighted by Crippen LogP contribution is -2.35. The maximum absolute atomic E-state index is 14.0. The van der Waals surface area contributed by atoms with E-state index >= 15 is 0 Å². The zero-order valence-electron chi connectivity index (χ0n) is 20.3. The first-order chi connectivity index (χ1) is 17.2. The van der Waals surface area contributed by atoms with Crippen molar-refractivity contribution in [2.24, 2.45) is 5.41 Å². The number of rotatable bonds is 5. The normalized spacial score (nSPS) is 14.4. The van der Waals surface area contributed by atoms with Gasteiger partial charge in [0.2, 0.25) is 5.82 Å². The number of fused-ring (bicyclic) bond motifs is 1. The highest BCUT2D eigenvalue weighted by atomic mass is 35.5. The molecule has 0 fully saturated rings. The minimum atomic E-state index is -0.388. The van der Waals surface area contributed by atoms with E-state index in [1.165, 1.54) is 16.5 Å². The lowest BCUT2D eigenvalue weighted by atomic mass is 9.75. The number of pyridine rings is 1. The van der Waals surface area contributed by atoms with Crippen molar-refractivity contribution in [3.05, 3.63) is 75.2 Å². The van der Waals surface area contributed by atoms with Crippen LogP contribution in [0.15, 0.2) is 53.3 Å². The van der Waals surface area contributed by atoms with E-state index in [1.54, 1.807) is 55.6 Å². The Hall–Kier alpha value is -3.98. The van der Waals surface area contributed by atoms with Gasteiger partial charge in [0, 0.05) is 28.8 Å². The highest BCUT2D eigenvalue weighted by Gasteiger charge is 2.35. The fourth-order valence-electron chi connectivity index (χ4n) is 4.51. The van der Waals surface area contributed by atoms with Crippen molar-refractivity contribution in [1.29, 1.82) is 0 Å². The van der Waals surface area contributed by atoms with Gasteiger partial charge in [-0.25, -0.2) is 0 Å². The summed E-state index contributed by atoms with van der Waals surface area (Å²) in [5.41, 5.74) is 1.62. The number of carbonyl (C=O) groups excluding carboxylic acids is 1. The fraction of sp³-hybridized carbons (Fsp3) is 0.269. The van der Waals surface area contributed by atoms with Crippen molar-refractivity contribution < 1.29 is 14.3 Å². The second kappa shape index (κ2) is 8.91. The number of ether oxygens (including phenoxy) is 2. The topological polar surface area (TPSA) is 101 Å². The Morgan fingerprint density at radius 1 is 0.944 bits per heavy atom. The zero-order valence-corrected chi connectivity index (χ0v) is 21.0. The lowest BCUT2D eigenvalue weighted by Gasteiger charge is -2.32. The van der Waals surface area contributed by atoms with Gasteiger partial charge >= 0.3 is 0 Å². The van der Waals surface area contributed by atoms with Crippen LogP contribution in [0.2, 0.25) is 5.02 Å². The highest BCUT2D eigenvalue weighted by molar-refractivity contribution is 6.30. The van der Waals surface area contributed by atoms with Crippen LogP contribution in [0.3, 0.4) is 0 Å². The highest BCUT2D eigenvalue weighted by Crippen LogP contribution is 2.38. The van der Waals surface area contributed by atoms with Crippen LogP contribution in [0.4, 0.5) is 0 Å². The summed E-state index contributed by atoms with van der Waals surface area (Å²) in [6.45, 7) is 4.03. The minimum absolute atomic E-state index is 0.0526. The summed E-state index contributed by atoms with van der Waals surface area (Å²) < 4.78 is 12.5. The van der Waals surface area contributed by atoms with Crippen molar-refractivity contribution in [2.45, 2.75) is 26.7 Å². The van der Waals surface area contributed by atoms with E-state index in [9.17, 15) is 9.59 Å². The molecular weight excluding hydrogens is 482 g/mol. The summed E-state index contributed by atoms with van der Waals surface area (Å²) >= 11 is 5.98. The molecule has 4 aromatic rings. The molecule has 2 aromatic heterocycles. The minimum Gasteiger partial charge on any atom is -0.497 e. The van der Waals surface area contributed by atoms with E-state index in [1.807, 2.05) is 13.8 Å². The quantitative estimate of drug-likeness (QED) is 0.398. The van der Waals surface area contributed by atoms with Gasteiger partial charge in [0.25, 0.3) is 5.56 Å². The molecule has 10 heteroatoms. The molecule has 184 valence electrons. The molecule has 1 aliphatic rings. The largest absolute Gasteiger partial charge is 0.497 e. The van der Waals surface area contributed by atoms with Crippen LogP contribution in [-0.2, 0) is 6.42 Å². The summed E-state index contributed by atoms with van der Waals surface area (Å²) in [4.78, 5) is 28.6. The molecule has 0 saturated heterocycles. The summed E-state index contributed by atoms with van der Waals surface area (Å²) in [5.74, 6) is 1.06. The molecule has 0 saturated carbocycles. The third-order valence-electron chi connectivity index (χ3n) is 6.23. The van der Waals surface area contributed by atoms with Gasteiger partial charge in [-0.05, 0) is 59.5 Å². The number of hydrogen-bond acceptors (Lipinski definition) is 7. The van der Waals surface area contributed by atoms with Crippen LogP contribution >= 0.6 is 11.6 Å². The number of nitrogens with zero attached hydrogens (tertiary/aromatic N) is 5. The molecule has 0 N–H and O–H groups in total. The maximum atomic E-state index is 14.0. The molecule has 2 aromatic carbocycles. The second-order valence-corrected chi connectivity index (χ2v) is 9.85. The van der Waals surface area contributed by atoms with Crippen LogP contribution in [-0.4, -0.2) is 44.8 Å². The third-order valence-corrected chi connectivity index (χ3v) is 6.48. The van der Waals surface area contributed by atoms with E-state index < -0.39 is 0 Å². The first-order valence-corrected chi connectivity index (χ1v) is 11.7. The predicted octanol–water partition coefficient (Wildman–Crippen LogP) is 4.31. The second-order valence-electron chi connectivity index (χ2n) is 9.42. The molecule has 9 nitrogen and oxygen atoms in total. The predicted molar refractivity (Wildman–Crippen MR) is 135 cm³/mol. The number of halogens is 1. The third kappa shape index (κ3) is 4.15. The van der Waals surface area contributed by atoms with Crippen molar-refractivity contribution in [3.8, 4) is 34.3 Å². The molecule has 0 amide bonds. The van der Waals surface area contributed by atoms with Crippen molar-refractivity contribution in [3.63, 3.8) is 0 Å². The number of Topliss-reactive ketones (excluding diaryl/α,β-unsaturated/α-hetero) is 1. The standard InChI is InChI=1S/C26H24ClN5O4/c1-26(2)13-21-18(22(33)14-26)12-19(24-28-30-32(29-24)16-7-5-15(27)6-8-16)25(34)31(21)20-11-17(35-3)9-10-23(20)36-4/h5-12H,13-14H2,1-4H3. The van der Waals surface area contributed by atoms with E-state index in [0.717, 1.165) is 0 Å². The summed E-state index contributed by atoms with van der Waals surface area (Å²) in [5, 5.41) is 13.2. The Morgan fingerprint density at radius 2 is 1.69 bits per heavy atom. The molecular formula is C26H24ClN5O4. The van der Waals surface area contributed by atoms with Crippen molar-refractivity contribution in [2.75, 3.05) is 14.2 Å². The molecule has 36 heavy (non-hydrogen) atoms. The summed E-state index contributed by atoms with van der Waals surface area (Å²) in [6, 6.07) is 13.7. The summed E-state index contributed by atoms with van der Waals surface area (Å²) in [6.07, 6.45) is 0.882. The van der Waals surface area contributed by atoms with Gasteiger partial charge in [0.1, 0.15) is 11.5 Å². The van der Waals surface area contributed by atoms with Gasteiger partial charge < -0.3 is 9.47 Å². The lowest BCUT2D eigenvalue weighted by molar-refractivity contribution is 0.0909. The van der Waals surface area contributed by atoms with Gasteiger partial charge in [-0.2, -0.15) is 0 Å². The van der Waals surface area contributed by atoms with Crippen LogP contribution in [0.1, 0.15) is 36.3 Å². The fourth-order valence-corrected chi connectivity index (χ4v) is 4.63. The molecule has 0 unspecified atom stereocenters. The van der Waals surface area contributed by atoms with Crippen molar-refractivity contribution >= 4 is 17.4 Å². The van der Waals surface area contributed by atoms with E-state index in [4.69, 9.17) is 21.1 Å². The van der Waals surface area contributed by atoms with Crippen LogP contribution in [0.5, 0.6) is 11.5 Å². The molecule has 0 atom stereocenters. The average molecular weight is 506 g/mol. The first-order valence-electron chi connectivity index (χ1n) is 11.3. The van der Waals surface area contributed by atoms with E-state index in [0.29, 0.717) is 52.0 Å². The molecule has 0 bridgehead atoms. The van der Waals surface area contributed by atoms with Gasteiger partial charge in [-0.15, -0.1) is 15.0 Å². The van der Waals surface area contributed by atoms with E-state index in [2.05, 4.69) is 15.4 Å². The molecule has 0 aliphatic heterocycles. The number of aromatic nitrogens is 5. The molecule has 0 radical (unpaired) electrons. The van der Waals surface area contributed by atoms with Crippen LogP contribution < -0.4 is 15.0 Å². The van der Waals surface area contributed by atoms with E-state index in [-0.39, 0.29) is 28.1 Å². The molecule has 5 rings (SSSR count). The summed E-state index contributed by atoms with van der Waals surface area (Å²) in [7, 11) is 3.08. The first kappa shape index (κ1) is 23.7.